The molecule has 0 spiro atoms. The van der Waals surface area contributed by atoms with Gasteiger partial charge in [-0.1, -0.05) is 31.0 Å². The van der Waals surface area contributed by atoms with Crippen molar-refractivity contribution in [2.45, 2.75) is 38.1 Å². The van der Waals surface area contributed by atoms with Gasteiger partial charge in [-0.15, -0.1) is 12.4 Å². The van der Waals surface area contributed by atoms with Crippen LogP contribution in [-0.4, -0.2) is 50.2 Å². The standard InChI is InChI=1S/C18H27FN2O2.ClH/c1-23-13-11-20-14-18(22)21(16-7-3-4-8-16)12-10-15-6-2-5-9-17(15)19;/h2,5-6,9,16,20H,3-4,7-8,10-14H2,1H3;1H. The SMILES string of the molecule is COCCNCC(=O)N(CCc1ccccc1F)C1CCCC1.Cl. The lowest BCUT2D eigenvalue weighted by atomic mass is 10.1. The smallest absolute Gasteiger partial charge is 0.236 e. The van der Waals surface area contributed by atoms with Gasteiger partial charge in [-0.2, -0.15) is 0 Å². The van der Waals surface area contributed by atoms with Gasteiger partial charge in [-0.3, -0.25) is 4.79 Å². The molecular weight excluding hydrogens is 331 g/mol. The van der Waals surface area contributed by atoms with Crippen LogP contribution >= 0.6 is 12.4 Å². The second-order valence-electron chi connectivity index (χ2n) is 6.04. The van der Waals surface area contributed by atoms with Crippen LogP contribution in [0.25, 0.3) is 0 Å². The zero-order valence-corrected chi connectivity index (χ0v) is 15.1. The fourth-order valence-electron chi connectivity index (χ4n) is 3.14. The molecule has 1 aromatic carbocycles. The highest BCUT2D eigenvalue weighted by atomic mass is 35.5. The molecule has 1 N–H and O–H groups in total. The monoisotopic (exact) mass is 358 g/mol. The minimum Gasteiger partial charge on any atom is -0.383 e. The molecule has 0 bridgehead atoms. The molecule has 0 aliphatic heterocycles. The van der Waals surface area contributed by atoms with Crippen molar-refractivity contribution < 1.29 is 13.9 Å². The van der Waals surface area contributed by atoms with Gasteiger partial charge in [-0.25, -0.2) is 4.39 Å². The van der Waals surface area contributed by atoms with Gasteiger partial charge in [0.25, 0.3) is 0 Å². The first kappa shape index (κ1) is 20.9. The van der Waals surface area contributed by atoms with E-state index in [9.17, 15) is 9.18 Å². The first-order valence-electron chi connectivity index (χ1n) is 8.45. The number of carbonyl (C=O) groups excluding carboxylic acids is 1. The average Bonchev–Trinajstić information content (AvgIpc) is 3.07. The number of nitrogens with one attached hydrogen (secondary N) is 1. The first-order chi connectivity index (χ1) is 11.2. The minimum atomic E-state index is -0.190. The van der Waals surface area contributed by atoms with Crippen molar-refractivity contribution >= 4 is 18.3 Å². The topological polar surface area (TPSA) is 41.6 Å². The molecule has 0 radical (unpaired) electrons. The minimum absolute atomic E-state index is 0. The van der Waals surface area contributed by atoms with Gasteiger partial charge in [0.1, 0.15) is 5.82 Å². The van der Waals surface area contributed by atoms with Crippen LogP contribution in [0.2, 0.25) is 0 Å². The molecule has 1 saturated carbocycles. The predicted molar refractivity (Wildman–Crippen MR) is 96.1 cm³/mol. The zero-order chi connectivity index (χ0) is 16.5. The molecular formula is C18H28ClFN2O2. The number of benzene rings is 1. The highest BCUT2D eigenvalue weighted by Crippen LogP contribution is 2.24. The molecule has 0 saturated heterocycles. The Bertz CT molecular complexity index is 496. The number of amides is 1. The molecule has 0 heterocycles. The van der Waals surface area contributed by atoms with Crippen LogP contribution in [0.4, 0.5) is 4.39 Å². The van der Waals surface area contributed by atoms with E-state index in [4.69, 9.17) is 4.74 Å². The number of hydrogen-bond acceptors (Lipinski definition) is 3. The van der Waals surface area contributed by atoms with Crippen LogP contribution in [0.1, 0.15) is 31.2 Å². The Labute approximate surface area is 150 Å². The van der Waals surface area contributed by atoms with Gasteiger partial charge < -0.3 is 15.0 Å². The first-order valence-corrected chi connectivity index (χ1v) is 8.45. The molecule has 6 heteroatoms. The molecule has 1 amide bonds. The van der Waals surface area contributed by atoms with E-state index in [1.807, 2.05) is 11.0 Å². The molecule has 0 unspecified atom stereocenters. The van der Waals surface area contributed by atoms with Gasteiger partial charge in [0.15, 0.2) is 0 Å². The number of rotatable bonds is 9. The second-order valence-corrected chi connectivity index (χ2v) is 6.04. The van der Waals surface area contributed by atoms with Crippen molar-refractivity contribution in [3.05, 3.63) is 35.6 Å². The van der Waals surface area contributed by atoms with Gasteiger partial charge >= 0.3 is 0 Å². The van der Waals surface area contributed by atoms with Crippen molar-refractivity contribution in [1.29, 1.82) is 0 Å². The Morgan fingerprint density at radius 3 is 2.71 bits per heavy atom. The Kier molecular flexibility index (Phi) is 9.91. The fourth-order valence-corrected chi connectivity index (χ4v) is 3.14. The summed E-state index contributed by atoms with van der Waals surface area (Å²) in [5.74, 6) is -0.0890. The second kappa shape index (κ2) is 11.4. The Balaban J connectivity index is 0.00000288. The van der Waals surface area contributed by atoms with E-state index in [2.05, 4.69) is 5.32 Å². The predicted octanol–water partition coefficient (Wildman–Crippen LogP) is 2.80. The quantitative estimate of drug-likeness (QED) is 0.690. The summed E-state index contributed by atoms with van der Waals surface area (Å²) in [4.78, 5) is 14.5. The van der Waals surface area contributed by atoms with Gasteiger partial charge in [-0.05, 0) is 30.9 Å². The van der Waals surface area contributed by atoms with Crippen LogP contribution in [0, 0.1) is 5.82 Å². The van der Waals surface area contributed by atoms with E-state index >= 15 is 0 Å². The highest BCUT2D eigenvalue weighted by Gasteiger charge is 2.26. The van der Waals surface area contributed by atoms with Crippen LogP contribution in [0.5, 0.6) is 0 Å². The van der Waals surface area contributed by atoms with Crippen molar-refractivity contribution in [2.24, 2.45) is 0 Å². The summed E-state index contributed by atoms with van der Waals surface area (Å²) in [6.07, 6.45) is 5.02. The summed E-state index contributed by atoms with van der Waals surface area (Å²) < 4.78 is 18.7. The molecule has 1 aliphatic carbocycles. The summed E-state index contributed by atoms with van der Waals surface area (Å²) in [5.41, 5.74) is 0.677. The Morgan fingerprint density at radius 1 is 1.33 bits per heavy atom. The molecule has 136 valence electrons. The number of methoxy groups -OCH3 is 1. The number of hydrogen-bond donors (Lipinski definition) is 1. The normalized spacial score (nSPS) is 14.4. The van der Waals surface area contributed by atoms with Crippen molar-refractivity contribution in [3.8, 4) is 0 Å². The molecule has 1 aliphatic rings. The van der Waals surface area contributed by atoms with E-state index in [1.165, 1.54) is 18.9 Å². The number of nitrogens with zero attached hydrogens (tertiary/aromatic N) is 1. The summed E-state index contributed by atoms with van der Waals surface area (Å²) in [7, 11) is 1.64. The van der Waals surface area contributed by atoms with E-state index in [-0.39, 0.29) is 24.1 Å². The summed E-state index contributed by atoms with van der Waals surface area (Å²) in [6.45, 7) is 2.15. The molecule has 24 heavy (non-hydrogen) atoms. The fraction of sp³-hybridized carbons (Fsp3) is 0.611. The summed E-state index contributed by atoms with van der Waals surface area (Å²) in [5, 5.41) is 3.11. The number of halogens is 2. The van der Waals surface area contributed by atoms with Gasteiger partial charge in [0, 0.05) is 26.2 Å². The number of ether oxygens (including phenoxy) is 1. The largest absolute Gasteiger partial charge is 0.383 e. The van der Waals surface area contributed by atoms with E-state index in [0.717, 1.165) is 12.8 Å². The van der Waals surface area contributed by atoms with Crippen LogP contribution in [0.15, 0.2) is 24.3 Å². The maximum Gasteiger partial charge on any atom is 0.236 e. The molecule has 0 atom stereocenters. The van der Waals surface area contributed by atoms with Crippen molar-refractivity contribution in [3.63, 3.8) is 0 Å². The lowest BCUT2D eigenvalue weighted by Gasteiger charge is -2.29. The van der Waals surface area contributed by atoms with Crippen LogP contribution in [-0.2, 0) is 16.0 Å². The maximum absolute atomic E-state index is 13.8. The van der Waals surface area contributed by atoms with Crippen LogP contribution < -0.4 is 5.32 Å². The third-order valence-electron chi connectivity index (χ3n) is 4.42. The molecule has 4 nitrogen and oxygen atoms in total. The van der Waals surface area contributed by atoms with Gasteiger partial charge in [0.2, 0.25) is 5.91 Å². The van der Waals surface area contributed by atoms with Crippen LogP contribution in [0.3, 0.4) is 0 Å². The molecule has 0 aromatic heterocycles. The zero-order valence-electron chi connectivity index (χ0n) is 14.3. The number of carbonyl (C=O) groups is 1. The third-order valence-corrected chi connectivity index (χ3v) is 4.42. The third kappa shape index (κ3) is 6.38. The summed E-state index contributed by atoms with van der Waals surface area (Å²) >= 11 is 0. The van der Waals surface area contributed by atoms with E-state index < -0.39 is 0 Å². The van der Waals surface area contributed by atoms with E-state index in [0.29, 0.717) is 44.3 Å². The lowest BCUT2D eigenvalue weighted by molar-refractivity contribution is -0.132. The molecule has 1 aromatic rings. The van der Waals surface area contributed by atoms with Crippen molar-refractivity contribution in [1.82, 2.24) is 10.2 Å². The van der Waals surface area contributed by atoms with E-state index in [1.54, 1.807) is 19.2 Å². The summed E-state index contributed by atoms with van der Waals surface area (Å²) in [6, 6.07) is 7.11. The molecule has 2 rings (SSSR count). The maximum atomic E-state index is 13.8. The van der Waals surface area contributed by atoms with Crippen molar-refractivity contribution in [2.75, 3.05) is 33.4 Å². The molecule has 1 fully saturated rings. The Morgan fingerprint density at radius 2 is 2.04 bits per heavy atom. The highest BCUT2D eigenvalue weighted by molar-refractivity contribution is 5.85. The lowest BCUT2D eigenvalue weighted by Crippen LogP contribution is -2.45. The van der Waals surface area contributed by atoms with Gasteiger partial charge in [0.05, 0.1) is 13.2 Å². The average molecular weight is 359 g/mol. The Hall–Kier alpha value is -1.17.